The molecule has 22 heavy (non-hydrogen) atoms. The van der Waals surface area contributed by atoms with Gasteiger partial charge in [0.2, 0.25) is 0 Å². The zero-order valence-electron chi connectivity index (χ0n) is 12.0. The highest BCUT2D eigenvalue weighted by Gasteiger charge is 2.17. The van der Waals surface area contributed by atoms with E-state index in [9.17, 15) is 0 Å². The largest absolute Gasteiger partial charge is 0.487 e. The normalized spacial score (nSPS) is 17.7. The summed E-state index contributed by atoms with van der Waals surface area (Å²) in [6, 6.07) is 9.99. The Bertz CT molecular complexity index is 782. The molecule has 0 amide bonds. The van der Waals surface area contributed by atoms with Gasteiger partial charge in [-0.15, -0.1) is 11.3 Å². The third-order valence-electron chi connectivity index (χ3n) is 3.69. The molecule has 0 aliphatic carbocycles. The van der Waals surface area contributed by atoms with Crippen LogP contribution in [0, 0.1) is 0 Å². The van der Waals surface area contributed by atoms with Crippen molar-refractivity contribution in [1.29, 1.82) is 0 Å². The molecule has 2 N–H and O–H groups in total. The SMILES string of the molecule is c1ccc(OC2CCNC2)c(Nc2ncnc3ccsc23)c1. The maximum absolute atomic E-state index is 6.11. The van der Waals surface area contributed by atoms with Crippen molar-refractivity contribution in [3.63, 3.8) is 0 Å². The summed E-state index contributed by atoms with van der Waals surface area (Å²) in [6.45, 7) is 1.92. The van der Waals surface area contributed by atoms with Crippen molar-refractivity contribution in [2.45, 2.75) is 12.5 Å². The number of rotatable bonds is 4. The molecule has 1 aliphatic rings. The van der Waals surface area contributed by atoms with Crippen LogP contribution in [-0.2, 0) is 0 Å². The van der Waals surface area contributed by atoms with Crippen LogP contribution in [0.25, 0.3) is 10.2 Å². The van der Waals surface area contributed by atoms with Gasteiger partial charge in [0.1, 0.15) is 18.2 Å². The zero-order chi connectivity index (χ0) is 14.8. The second-order valence-corrected chi connectivity index (χ2v) is 6.13. The standard InChI is InChI=1S/C16H16N4OS/c1-2-4-14(21-11-5-7-17-9-11)12(3-1)20-16-15-13(6-8-22-15)18-10-19-16/h1-4,6,8,10-11,17H,5,7,9H2,(H,18,19,20). The maximum atomic E-state index is 6.11. The van der Waals surface area contributed by atoms with E-state index in [1.54, 1.807) is 17.7 Å². The topological polar surface area (TPSA) is 59.1 Å². The first-order valence-corrected chi connectivity index (χ1v) is 8.20. The van der Waals surface area contributed by atoms with Gasteiger partial charge < -0.3 is 15.4 Å². The maximum Gasteiger partial charge on any atom is 0.151 e. The number of hydrogen-bond acceptors (Lipinski definition) is 6. The number of fused-ring (bicyclic) bond motifs is 1. The molecule has 4 rings (SSSR count). The number of anilines is 2. The van der Waals surface area contributed by atoms with Crippen LogP contribution in [0.4, 0.5) is 11.5 Å². The van der Waals surface area contributed by atoms with Crippen LogP contribution < -0.4 is 15.4 Å². The molecule has 2 aromatic heterocycles. The van der Waals surface area contributed by atoms with Crippen molar-refractivity contribution in [3.05, 3.63) is 42.0 Å². The predicted octanol–water partition coefficient (Wildman–Crippen LogP) is 3.18. The number of aromatic nitrogens is 2. The quantitative estimate of drug-likeness (QED) is 0.775. The summed E-state index contributed by atoms with van der Waals surface area (Å²) < 4.78 is 7.16. The highest BCUT2D eigenvalue weighted by Crippen LogP contribution is 2.32. The van der Waals surface area contributed by atoms with Gasteiger partial charge in [-0.05, 0) is 36.5 Å². The van der Waals surface area contributed by atoms with Gasteiger partial charge in [-0.2, -0.15) is 0 Å². The summed E-state index contributed by atoms with van der Waals surface area (Å²) in [5, 5.41) is 8.73. The Hall–Kier alpha value is -2.18. The van der Waals surface area contributed by atoms with Gasteiger partial charge in [-0.1, -0.05) is 12.1 Å². The molecule has 1 aromatic carbocycles. The van der Waals surface area contributed by atoms with Crippen molar-refractivity contribution >= 4 is 33.1 Å². The first-order valence-electron chi connectivity index (χ1n) is 7.32. The van der Waals surface area contributed by atoms with Gasteiger partial charge in [-0.25, -0.2) is 9.97 Å². The Balaban J connectivity index is 1.63. The van der Waals surface area contributed by atoms with E-state index in [0.29, 0.717) is 0 Å². The molecule has 1 unspecified atom stereocenters. The molecule has 6 heteroatoms. The molecule has 1 atom stereocenters. The monoisotopic (exact) mass is 312 g/mol. The summed E-state index contributed by atoms with van der Waals surface area (Å²) in [5.74, 6) is 1.68. The zero-order valence-corrected chi connectivity index (χ0v) is 12.8. The van der Waals surface area contributed by atoms with Crippen LogP contribution in [0.5, 0.6) is 5.75 Å². The van der Waals surface area contributed by atoms with Crippen LogP contribution in [0.15, 0.2) is 42.0 Å². The molecule has 1 fully saturated rings. The molecule has 0 saturated carbocycles. The second-order valence-electron chi connectivity index (χ2n) is 5.21. The van der Waals surface area contributed by atoms with Crippen LogP contribution in [0.1, 0.15) is 6.42 Å². The number of hydrogen-bond donors (Lipinski definition) is 2. The average molecular weight is 312 g/mol. The molecular weight excluding hydrogens is 296 g/mol. The van der Waals surface area contributed by atoms with E-state index < -0.39 is 0 Å². The van der Waals surface area contributed by atoms with Crippen LogP contribution in [-0.4, -0.2) is 29.2 Å². The van der Waals surface area contributed by atoms with E-state index in [0.717, 1.165) is 47.0 Å². The summed E-state index contributed by atoms with van der Waals surface area (Å²) in [5.41, 5.74) is 1.89. The van der Waals surface area contributed by atoms with E-state index >= 15 is 0 Å². The van der Waals surface area contributed by atoms with Gasteiger partial charge in [0, 0.05) is 6.54 Å². The number of thiophene rings is 1. The third-order valence-corrected chi connectivity index (χ3v) is 4.60. The van der Waals surface area contributed by atoms with E-state index in [2.05, 4.69) is 20.6 Å². The molecule has 0 bridgehead atoms. The van der Waals surface area contributed by atoms with Crippen molar-refractivity contribution in [2.75, 3.05) is 18.4 Å². The summed E-state index contributed by atoms with van der Waals surface area (Å²) >= 11 is 1.63. The first kappa shape index (κ1) is 13.5. The summed E-state index contributed by atoms with van der Waals surface area (Å²) in [7, 11) is 0. The lowest BCUT2D eigenvalue weighted by atomic mass is 10.2. The first-order chi connectivity index (χ1) is 10.9. The Morgan fingerprint density at radius 3 is 3.09 bits per heavy atom. The van der Waals surface area contributed by atoms with Gasteiger partial charge in [0.25, 0.3) is 0 Å². The summed E-state index contributed by atoms with van der Waals surface area (Å²) in [4.78, 5) is 8.64. The predicted molar refractivity (Wildman–Crippen MR) is 89.0 cm³/mol. The Labute approximate surface area is 132 Å². The van der Waals surface area contributed by atoms with Crippen molar-refractivity contribution in [2.24, 2.45) is 0 Å². The summed E-state index contributed by atoms with van der Waals surface area (Å²) in [6.07, 6.45) is 2.86. The number of benzene rings is 1. The van der Waals surface area contributed by atoms with Gasteiger partial charge in [0.15, 0.2) is 5.82 Å². The van der Waals surface area contributed by atoms with E-state index in [-0.39, 0.29) is 6.10 Å². The minimum Gasteiger partial charge on any atom is -0.487 e. The smallest absolute Gasteiger partial charge is 0.151 e. The number of nitrogens with zero attached hydrogens (tertiary/aromatic N) is 2. The minimum absolute atomic E-state index is 0.232. The number of para-hydroxylation sites is 2. The van der Waals surface area contributed by atoms with Crippen LogP contribution in [0.2, 0.25) is 0 Å². The Kier molecular flexibility index (Phi) is 3.62. The van der Waals surface area contributed by atoms with Crippen molar-refractivity contribution in [1.82, 2.24) is 15.3 Å². The fraction of sp³-hybridized carbons (Fsp3) is 0.250. The average Bonchev–Trinajstić information content (AvgIpc) is 3.21. The minimum atomic E-state index is 0.232. The second kappa shape index (κ2) is 5.90. The van der Waals surface area contributed by atoms with Gasteiger partial charge in [0.05, 0.1) is 15.9 Å². The van der Waals surface area contributed by atoms with E-state index in [1.807, 2.05) is 35.7 Å². The van der Waals surface area contributed by atoms with Crippen LogP contribution in [0.3, 0.4) is 0 Å². The molecule has 0 radical (unpaired) electrons. The van der Waals surface area contributed by atoms with Crippen molar-refractivity contribution in [3.8, 4) is 5.75 Å². The van der Waals surface area contributed by atoms with Crippen LogP contribution >= 0.6 is 11.3 Å². The molecule has 3 heterocycles. The van der Waals surface area contributed by atoms with Gasteiger partial charge >= 0.3 is 0 Å². The van der Waals surface area contributed by atoms with Gasteiger partial charge in [-0.3, -0.25) is 0 Å². The molecular formula is C16H16N4OS. The lowest BCUT2D eigenvalue weighted by Gasteiger charge is -2.16. The lowest BCUT2D eigenvalue weighted by molar-refractivity contribution is 0.224. The number of ether oxygens (including phenoxy) is 1. The Morgan fingerprint density at radius 1 is 1.23 bits per heavy atom. The molecule has 0 spiro atoms. The fourth-order valence-electron chi connectivity index (χ4n) is 2.59. The molecule has 1 aliphatic heterocycles. The lowest BCUT2D eigenvalue weighted by Crippen LogP contribution is -2.20. The van der Waals surface area contributed by atoms with E-state index in [1.165, 1.54) is 0 Å². The highest BCUT2D eigenvalue weighted by atomic mass is 32.1. The molecule has 3 aromatic rings. The van der Waals surface area contributed by atoms with E-state index in [4.69, 9.17) is 4.74 Å². The highest BCUT2D eigenvalue weighted by molar-refractivity contribution is 7.17. The third kappa shape index (κ3) is 2.63. The number of nitrogens with one attached hydrogen (secondary N) is 2. The molecule has 1 saturated heterocycles. The molecule has 112 valence electrons. The Morgan fingerprint density at radius 2 is 2.18 bits per heavy atom. The molecule has 5 nitrogen and oxygen atoms in total. The van der Waals surface area contributed by atoms with Crippen molar-refractivity contribution < 1.29 is 4.74 Å². The fourth-order valence-corrected chi connectivity index (χ4v) is 3.38.